The smallest absolute Gasteiger partial charge is 0.222 e. The zero-order valence-corrected chi connectivity index (χ0v) is 18.4. The molecule has 7 heteroatoms. The Morgan fingerprint density at radius 2 is 2.13 bits per heavy atom. The molecule has 1 atom stereocenters. The predicted molar refractivity (Wildman–Crippen MR) is 120 cm³/mol. The van der Waals surface area contributed by atoms with Gasteiger partial charge in [0.05, 0.1) is 11.7 Å². The summed E-state index contributed by atoms with van der Waals surface area (Å²) in [7, 11) is 1.90. The molecule has 2 aromatic heterocycles. The van der Waals surface area contributed by atoms with Gasteiger partial charge in [-0.2, -0.15) is 8.75 Å². The number of aromatic nitrogens is 3. The van der Waals surface area contributed by atoms with Crippen LogP contribution in [0.3, 0.4) is 0 Å². The Morgan fingerprint density at radius 3 is 3.00 bits per heavy atom. The summed E-state index contributed by atoms with van der Waals surface area (Å²) >= 11 is 1.27. The van der Waals surface area contributed by atoms with Crippen molar-refractivity contribution in [2.24, 2.45) is 5.92 Å². The van der Waals surface area contributed by atoms with Crippen molar-refractivity contribution in [2.75, 3.05) is 26.7 Å². The fourth-order valence-corrected chi connectivity index (χ4v) is 4.70. The van der Waals surface area contributed by atoms with E-state index in [9.17, 15) is 4.79 Å². The number of fused-ring (bicyclic) bond motifs is 1. The number of nitrogens with zero attached hydrogens (tertiary/aromatic N) is 5. The van der Waals surface area contributed by atoms with Crippen molar-refractivity contribution in [3.63, 3.8) is 0 Å². The molecule has 1 aliphatic heterocycles. The summed E-state index contributed by atoms with van der Waals surface area (Å²) in [6.07, 6.45) is 6.63. The van der Waals surface area contributed by atoms with E-state index in [1.54, 1.807) is 6.20 Å². The number of rotatable bonds is 8. The molecule has 3 heterocycles. The lowest BCUT2D eigenvalue weighted by molar-refractivity contribution is -0.130. The molecule has 0 spiro atoms. The molecule has 0 radical (unpaired) electrons. The highest BCUT2D eigenvalue weighted by atomic mass is 32.1. The number of amides is 1. The average molecular weight is 424 g/mol. The Bertz CT molecular complexity index is 960. The van der Waals surface area contributed by atoms with E-state index < -0.39 is 0 Å². The van der Waals surface area contributed by atoms with Crippen LogP contribution in [0.1, 0.15) is 36.9 Å². The number of likely N-dealkylation sites (tertiary alicyclic amines) is 1. The standard InChI is InChI=1S/C23H29N5OS/c1-27(14-11-20-6-2-3-12-24-20)23(29)10-8-18-5-4-13-28(16-18)17-19-7-9-21-22(15-19)26-30-25-21/h2-3,6-7,9,12,15,18H,4-5,8,10-11,13-14,16-17H2,1H3/t18-/m1/s1. The first-order chi connectivity index (χ1) is 14.7. The SMILES string of the molecule is CN(CCc1ccccn1)C(=O)CC[C@H]1CCCN(Cc2ccc3nsnc3c2)C1. The second-order valence-corrected chi connectivity index (χ2v) is 8.78. The van der Waals surface area contributed by atoms with E-state index >= 15 is 0 Å². The van der Waals surface area contributed by atoms with Crippen molar-refractivity contribution in [3.8, 4) is 0 Å². The number of benzene rings is 1. The molecule has 0 aliphatic carbocycles. The number of hydrogen-bond donors (Lipinski definition) is 0. The van der Waals surface area contributed by atoms with Crippen LogP contribution in [0.5, 0.6) is 0 Å². The van der Waals surface area contributed by atoms with Gasteiger partial charge in [0.25, 0.3) is 0 Å². The summed E-state index contributed by atoms with van der Waals surface area (Å²) in [6, 6.07) is 12.3. The molecule has 30 heavy (non-hydrogen) atoms. The highest BCUT2D eigenvalue weighted by molar-refractivity contribution is 7.00. The first-order valence-electron chi connectivity index (χ1n) is 10.7. The van der Waals surface area contributed by atoms with Crippen molar-refractivity contribution in [2.45, 2.75) is 38.6 Å². The molecule has 0 unspecified atom stereocenters. The Morgan fingerprint density at radius 1 is 1.23 bits per heavy atom. The van der Waals surface area contributed by atoms with Crippen LogP contribution < -0.4 is 0 Å². The van der Waals surface area contributed by atoms with Crippen LogP contribution in [0.2, 0.25) is 0 Å². The monoisotopic (exact) mass is 423 g/mol. The Hall–Kier alpha value is -2.38. The molecule has 3 aromatic rings. The highest BCUT2D eigenvalue weighted by Gasteiger charge is 2.21. The third-order valence-corrected chi connectivity index (χ3v) is 6.51. The van der Waals surface area contributed by atoms with Gasteiger partial charge in [-0.25, -0.2) is 0 Å². The first-order valence-corrected chi connectivity index (χ1v) is 11.5. The number of pyridine rings is 1. The number of piperidine rings is 1. The van der Waals surface area contributed by atoms with Crippen LogP contribution in [-0.2, 0) is 17.8 Å². The zero-order chi connectivity index (χ0) is 20.8. The van der Waals surface area contributed by atoms with Crippen LogP contribution in [0.25, 0.3) is 11.0 Å². The fraction of sp³-hybridized carbons (Fsp3) is 0.478. The minimum Gasteiger partial charge on any atom is -0.345 e. The van der Waals surface area contributed by atoms with Gasteiger partial charge in [-0.1, -0.05) is 12.1 Å². The van der Waals surface area contributed by atoms with Crippen molar-refractivity contribution in [3.05, 3.63) is 53.9 Å². The lowest BCUT2D eigenvalue weighted by atomic mass is 9.93. The second-order valence-electron chi connectivity index (χ2n) is 8.26. The highest BCUT2D eigenvalue weighted by Crippen LogP contribution is 2.23. The summed E-state index contributed by atoms with van der Waals surface area (Å²) in [5.74, 6) is 0.834. The summed E-state index contributed by atoms with van der Waals surface area (Å²) < 4.78 is 8.63. The van der Waals surface area contributed by atoms with Gasteiger partial charge in [0, 0.05) is 51.4 Å². The Balaban J connectivity index is 1.22. The fourth-order valence-electron chi connectivity index (χ4n) is 4.19. The zero-order valence-electron chi connectivity index (χ0n) is 17.5. The lowest BCUT2D eigenvalue weighted by Crippen LogP contribution is -2.36. The summed E-state index contributed by atoms with van der Waals surface area (Å²) in [4.78, 5) is 21.3. The van der Waals surface area contributed by atoms with Gasteiger partial charge >= 0.3 is 0 Å². The van der Waals surface area contributed by atoms with E-state index in [-0.39, 0.29) is 5.91 Å². The third-order valence-electron chi connectivity index (χ3n) is 5.95. The number of carbonyl (C=O) groups is 1. The topological polar surface area (TPSA) is 62.2 Å². The van der Waals surface area contributed by atoms with E-state index in [4.69, 9.17) is 0 Å². The van der Waals surface area contributed by atoms with Crippen LogP contribution in [0.15, 0.2) is 42.6 Å². The molecule has 1 saturated heterocycles. The Labute approximate surface area is 182 Å². The maximum Gasteiger partial charge on any atom is 0.222 e. The van der Waals surface area contributed by atoms with E-state index in [0.29, 0.717) is 12.3 Å². The van der Waals surface area contributed by atoms with Crippen molar-refractivity contribution in [1.82, 2.24) is 23.5 Å². The van der Waals surface area contributed by atoms with Crippen molar-refractivity contribution < 1.29 is 4.79 Å². The molecular formula is C23H29N5OS. The minimum atomic E-state index is 0.240. The van der Waals surface area contributed by atoms with Crippen LogP contribution in [0.4, 0.5) is 0 Å². The van der Waals surface area contributed by atoms with Gasteiger partial charge in [0.15, 0.2) is 0 Å². The summed E-state index contributed by atoms with van der Waals surface area (Å²) in [6.45, 7) is 3.86. The van der Waals surface area contributed by atoms with E-state index in [0.717, 1.165) is 55.7 Å². The van der Waals surface area contributed by atoms with Gasteiger partial charge in [0.2, 0.25) is 5.91 Å². The van der Waals surface area contributed by atoms with Crippen LogP contribution in [0, 0.1) is 5.92 Å². The first kappa shape index (κ1) is 20.9. The molecule has 1 fully saturated rings. The maximum atomic E-state index is 12.6. The predicted octanol–water partition coefficient (Wildman–Crippen LogP) is 3.78. The quantitative estimate of drug-likeness (QED) is 0.552. The molecule has 4 rings (SSSR count). The van der Waals surface area contributed by atoms with E-state index in [2.05, 4.69) is 36.8 Å². The van der Waals surface area contributed by atoms with Gasteiger partial charge < -0.3 is 4.90 Å². The molecule has 158 valence electrons. The minimum absolute atomic E-state index is 0.240. The molecule has 1 aromatic carbocycles. The summed E-state index contributed by atoms with van der Waals surface area (Å²) in [5.41, 5.74) is 4.30. The maximum absolute atomic E-state index is 12.6. The second kappa shape index (κ2) is 10.1. The molecule has 0 N–H and O–H groups in total. The molecule has 1 amide bonds. The third kappa shape index (κ3) is 5.61. The Kier molecular flexibility index (Phi) is 7.02. The van der Waals surface area contributed by atoms with E-state index in [1.807, 2.05) is 30.1 Å². The summed E-state index contributed by atoms with van der Waals surface area (Å²) in [5, 5.41) is 0. The number of carbonyl (C=O) groups excluding carboxylic acids is 1. The molecule has 6 nitrogen and oxygen atoms in total. The molecule has 1 aliphatic rings. The van der Waals surface area contributed by atoms with Gasteiger partial charge in [-0.3, -0.25) is 14.7 Å². The van der Waals surface area contributed by atoms with Gasteiger partial charge in [0.1, 0.15) is 11.0 Å². The molecule has 0 bridgehead atoms. The molecular weight excluding hydrogens is 394 g/mol. The van der Waals surface area contributed by atoms with Crippen molar-refractivity contribution >= 4 is 28.7 Å². The van der Waals surface area contributed by atoms with Gasteiger partial charge in [-0.15, -0.1) is 0 Å². The van der Waals surface area contributed by atoms with E-state index in [1.165, 1.54) is 30.1 Å². The normalized spacial score (nSPS) is 17.3. The lowest BCUT2D eigenvalue weighted by Gasteiger charge is -2.33. The van der Waals surface area contributed by atoms with Crippen LogP contribution >= 0.6 is 11.7 Å². The van der Waals surface area contributed by atoms with Crippen molar-refractivity contribution in [1.29, 1.82) is 0 Å². The molecule has 0 saturated carbocycles. The van der Waals surface area contributed by atoms with Gasteiger partial charge in [-0.05, 0) is 61.6 Å². The largest absolute Gasteiger partial charge is 0.345 e. The number of hydrogen-bond acceptors (Lipinski definition) is 6. The average Bonchev–Trinajstić information content (AvgIpc) is 3.25. The van der Waals surface area contributed by atoms with Crippen LogP contribution in [-0.4, -0.2) is 56.1 Å². The number of likely N-dealkylation sites (N-methyl/N-ethyl adjacent to an activating group) is 1.